The highest BCUT2D eigenvalue weighted by Crippen LogP contribution is 2.23. The highest BCUT2D eigenvalue weighted by atomic mass is 16.5. The Labute approximate surface area is 60.6 Å². The first-order valence-corrected chi connectivity index (χ1v) is 3.66. The fourth-order valence-electron chi connectivity index (χ4n) is 1.39. The molecule has 0 aromatic rings. The van der Waals surface area contributed by atoms with E-state index in [-0.39, 0.29) is 24.7 Å². The quantitative estimate of drug-likeness (QED) is 0.565. The van der Waals surface area contributed by atoms with Crippen LogP contribution in [0.3, 0.4) is 0 Å². The molecule has 0 radical (unpaired) electrons. The van der Waals surface area contributed by atoms with Crippen LogP contribution in [-0.4, -0.2) is 35.6 Å². The van der Waals surface area contributed by atoms with Crippen LogP contribution in [0.4, 0.5) is 0 Å². The molecule has 3 heteroatoms. The van der Waals surface area contributed by atoms with Gasteiger partial charge in [0.2, 0.25) is 0 Å². The molecule has 2 N–H and O–H groups in total. The van der Waals surface area contributed by atoms with Crippen LogP contribution in [0.25, 0.3) is 0 Å². The summed E-state index contributed by atoms with van der Waals surface area (Å²) in [5.74, 6) is 0.130. The zero-order valence-electron chi connectivity index (χ0n) is 6.16. The molecule has 1 aliphatic heterocycles. The molecule has 1 saturated heterocycles. The van der Waals surface area contributed by atoms with Crippen LogP contribution in [0, 0.1) is 5.92 Å². The molecule has 0 spiro atoms. The average molecular weight is 146 g/mol. The molecule has 0 saturated carbocycles. The monoisotopic (exact) mass is 146 g/mol. The summed E-state index contributed by atoms with van der Waals surface area (Å²) in [5.41, 5.74) is 0. The van der Waals surface area contributed by atoms with Gasteiger partial charge < -0.3 is 14.9 Å². The van der Waals surface area contributed by atoms with Crippen molar-refractivity contribution in [1.82, 2.24) is 0 Å². The number of aliphatic hydroxyl groups excluding tert-OH is 2. The highest BCUT2D eigenvalue weighted by molar-refractivity contribution is 4.80. The van der Waals surface area contributed by atoms with E-state index in [0.717, 1.165) is 0 Å². The Balaban J connectivity index is 2.38. The molecule has 1 fully saturated rings. The van der Waals surface area contributed by atoms with Gasteiger partial charge in [0.15, 0.2) is 0 Å². The zero-order valence-corrected chi connectivity index (χ0v) is 6.16. The molecule has 1 unspecified atom stereocenters. The van der Waals surface area contributed by atoms with Gasteiger partial charge in [-0.3, -0.25) is 0 Å². The summed E-state index contributed by atoms with van der Waals surface area (Å²) in [6.45, 7) is 2.48. The van der Waals surface area contributed by atoms with Crippen molar-refractivity contribution < 1.29 is 14.9 Å². The van der Waals surface area contributed by atoms with Crippen molar-refractivity contribution in [3.63, 3.8) is 0 Å². The van der Waals surface area contributed by atoms with E-state index in [9.17, 15) is 5.11 Å². The summed E-state index contributed by atoms with van der Waals surface area (Å²) >= 11 is 0. The summed E-state index contributed by atoms with van der Waals surface area (Å²) in [6.07, 6.45) is 0.367. The SMILES string of the molecule is CC1OC[C@@H](O)[C@H]1CCO. The van der Waals surface area contributed by atoms with Gasteiger partial charge in [0.1, 0.15) is 0 Å². The minimum Gasteiger partial charge on any atom is -0.396 e. The Morgan fingerprint density at radius 2 is 2.30 bits per heavy atom. The molecule has 0 aromatic heterocycles. The van der Waals surface area contributed by atoms with Crippen molar-refractivity contribution in [2.24, 2.45) is 5.92 Å². The van der Waals surface area contributed by atoms with E-state index in [0.29, 0.717) is 13.0 Å². The van der Waals surface area contributed by atoms with Crippen molar-refractivity contribution in [1.29, 1.82) is 0 Å². The van der Waals surface area contributed by atoms with Gasteiger partial charge in [-0.25, -0.2) is 0 Å². The van der Waals surface area contributed by atoms with Crippen molar-refractivity contribution in [2.45, 2.75) is 25.6 Å². The molecule has 0 aliphatic carbocycles. The maximum absolute atomic E-state index is 9.25. The van der Waals surface area contributed by atoms with Gasteiger partial charge in [-0.1, -0.05) is 0 Å². The number of rotatable bonds is 2. The fourth-order valence-corrected chi connectivity index (χ4v) is 1.39. The third-order valence-corrected chi connectivity index (χ3v) is 2.09. The number of hydrogen-bond donors (Lipinski definition) is 2. The van der Waals surface area contributed by atoms with Crippen LogP contribution in [0.1, 0.15) is 13.3 Å². The van der Waals surface area contributed by atoms with Gasteiger partial charge in [0.25, 0.3) is 0 Å². The Kier molecular flexibility index (Phi) is 2.65. The van der Waals surface area contributed by atoms with Crippen LogP contribution in [0.15, 0.2) is 0 Å². The summed E-state index contributed by atoms with van der Waals surface area (Å²) in [5, 5.41) is 17.8. The third kappa shape index (κ3) is 1.48. The Morgan fingerprint density at radius 1 is 1.60 bits per heavy atom. The van der Waals surface area contributed by atoms with E-state index in [1.165, 1.54) is 0 Å². The largest absolute Gasteiger partial charge is 0.396 e. The van der Waals surface area contributed by atoms with Crippen molar-refractivity contribution in [3.05, 3.63) is 0 Å². The first kappa shape index (κ1) is 7.98. The maximum atomic E-state index is 9.25. The molecule has 3 atom stereocenters. The van der Waals surface area contributed by atoms with E-state index in [1.54, 1.807) is 0 Å². The highest BCUT2D eigenvalue weighted by Gasteiger charge is 2.31. The maximum Gasteiger partial charge on any atom is 0.0827 e. The lowest BCUT2D eigenvalue weighted by atomic mass is 9.97. The number of hydrogen-bond acceptors (Lipinski definition) is 3. The van der Waals surface area contributed by atoms with Gasteiger partial charge in [-0.15, -0.1) is 0 Å². The lowest BCUT2D eigenvalue weighted by molar-refractivity contribution is 0.0952. The standard InChI is InChI=1S/C7H14O3/c1-5-6(2-3-8)7(9)4-10-5/h5-9H,2-4H2,1H3/t5?,6-,7+/m0/s1. The summed E-state index contributed by atoms with van der Waals surface area (Å²) in [6, 6.07) is 0. The second-order valence-electron chi connectivity index (χ2n) is 2.78. The molecule has 0 amide bonds. The van der Waals surface area contributed by atoms with E-state index in [2.05, 4.69) is 0 Å². The van der Waals surface area contributed by atoms with Gasteiger partial charge in [-0.05, 0) is 13.3 Å². The van der Waals surface area contributed by atoms with Crippen LogP contribution >= 0.6 is 0 Å². The van der Waals surface area contributed by atoms with E-state index >= 15 is 0 Å². The lowest BCUT2D eigenvalue weighted by Crippen LogP contribution is -2.22. The molecular formula is C7H14O3. The van der Waals surface area contributed by atoms with Crippen LogP contribution < -0.4 is 0 Å². The van der Waals surface area contributed by atoms with Crippen LogP contribution in [0.2, 0.25) is 0 Å². The zero-order chi connectivity index (χ0) is 7.56. The summed E-state index contributed by atoms with van der Waals surface area (Å²) in [4.78, 5) is 0. The van der Waals surface area contributed by atoms with Gasteiger partial charge in [-0.2, -0.15) is 0 Å². The molecule has 3 nitrogen and oxygen atoms in total. The first-order valence-electron chi connectivity index (χ1n) is 3.66. The van der Waals surface area contributed by atoms with Crippen molar-refractivity contribution >= 4 is 0 Å². The minimum absolute atomic E-state index is 0.0992. The minimum atomic E-state index is -0.373. The lowest BCUT2D eigenvalue weighted by Gasteiger charge is -2.14. The van der Waals surface area contributed by atoms with Crippen LogP contribution in [0.5, 0.6) is 0 Å². The summed E-state index contributed by atoms with van der Waals surface area (Å²) < 4.78 is 5.17. The van der Waals surface area contributed by atoms with E-state index < -0.39 is 0 Å². The molecule has 10 heavy (non-hydrogen) atoms. The predicted molar refractivity (Wildman–Crippen MR) is 36.6 cm³/mol. The van der Waals surface area contributed by atoms with Crippen LogP contribution in [-0.2, 0) is 4.74 Å². The Bertz CT molecular complexity index is 95.0. The molecule has 0 aromatic carbocycles. The smallest absolute Gasteiger partial charge is 0.0827 e. The van der Waals surface area contributed by atoms with E-state index in [1.807, 2.05) is 6.92 Å². The van der Waals surface area contributed by atoms with Crippen molar-refractivity contribution in [2.75, 3.05) is 13.2 Å². The van der Waals surface area contributed by atoms with Crippen molar-refractivity contribution in [3.8, 4) is 0 Å². The number of aliphatic hydroxyl groups is 2. The topological polar surface area (TPSA) is 49.7 Å². The normalized spacial score (nSPS) is 40.5. The summed E-state index contributed by atoms with van der Waals surface area (Å²) in [7, 11) is 0. The van der Waals surface area contributed by atoms with E-state index in [4.69, 9.17) is 9.84 Å². The molecule has 1 heterocycles. The molecule has 0 bridgehead atoms. The second-order valence-corrected chi connectivity index (χ2v) is 2.78. The predicted octanol–water partition coefficient (Wildman–Crippen LogP) is -0.235. The van der Waals surface area contributed by atoms with Gasteiger partial charge in [0, 0.05) is 12.5 Å². The second kappa shape index (κ2) is 3.32. The molecule has 1 rings (SSSR count). The van der Waals surface area contributed by atoms with Gasteiger partial charge >= 0.3 is 0 Å². The molecule has 60 valence electrons. The Morgan fingerprint density at radius 3 is 2.70 bits per heavy atom. The molecular weight excluding hydrogens is 132 g/mol. The van der Waals surface area contributed by atoms with Gasteiger partial charge in [0.05, 0.1) is 18.8 Å². The number of ether oxygens (including phenoxy) is 1. The average Bonchev–Trinajstić information content (AvgIpc) is 2.20. The first-order chi connectivity index (χ1) is 4.75. The Hall–Kier alpha value is -0.120. The fraction of sp³-hybridized carbons (Fsp3) is 1.00. The molecule has 1 aliphatic rings. The third-order valence-electron chi connectivity index (χ3n) is 2.09.